The molecule has 1 rings (SSSR count). The Bertz CT molecular complexity index is 263. The Balaban J connectivity index is 2.39. The van der Waals surface area contributed by atoms with Gasteiger partial charge >= 0.3 is 0 Å². The van der Waals surface area contributed by atoms with E-state index >= 15 is 0 Å². The summed E-state index contributed by atoms with van der Waals surface area (Å²) in [4.78, 5) is 0. The third kappa shape index (κ3) is 3.47. The Hall–Kier alpha value is -1.02. The maximum absolute atomic E-state index is 5.50. The van der Waals surface area contributed by atoms with E-state index in [4.69, 9.17) is 4.42 Å². The van der Waals surface area contributed by atoms with E-state index in [1.54, 1.807) is 0 Å². The van der Waals surface area contributed by atoms with Crippen LogP contribution in [0.4, 0.5) is 0 Å². The molecular formula is C11H17NO. The van der Waals surface area contributed by atoms with Gasteiger partial charge < -0.3 is 9.73 Å². The quantitative estimate of drug-likeness (QED) is 0.702. The molecule has 1 heterocycles. The zero-order chi connectivity index (χ0) is 9.52. The van der Waals surface area contributed by atoms with Crippen LogP contribution in [0, 0.1) is 0 Å². The van der Waals surface area contributed by atoms with Gasteiger partial charge in [-0.25, -0.2) is 0 Å². The first-order valence-corrected chi connectivity index (χ1v) is 4.82. The highest BCUT2D eigenvalue weighted by molar-refractivity contribution is 5.43. The maximum Gasteiger partial charge on any atom is 0.126 e. The van der Waals surface area contributed by atoms with Gasteiger partial charge in [0.25, 0.3) is 0 Å². The number of likely N-dealkylation sites (N-methyl/N-ethyl adjacent to an activating group) is 1. The molecule has 0 aliphatic rings. The summed E-state index contributed by atoms with van der Waals surface area (Å²) in [6.07, 6.45) is 5.03. The molecule has 0 bridgehead atoms. The molecule has 0 radical (unpaired) electrons. The van der Waals surface area contributed by atoms with Crippen LogP contribution < -0.4 is 5.32 Å². The van der Waals surface area contributed by atoms with E-state index < -0.39 is 0 Å². The van der Waals surface area contributed by atoms with Gasteiger partial charge in [-0.3, -0.25) is 0 Å². The summed E-state index contributed by atoms with van der Waals surface area (Å²) in [5, 5.41) is 3.21. The van der Waals surface area contributed by atoms with Gasteiger partial charge in [-0.05, 0) is 24.8 Å². The zero-order valence-corrected chi connectivity index (χ0v) is 8.34. The molecule has 2 heteroatoms. The lowest BCUT2D eigenvalue weighted by molar-refractivity contribution is 0.507. The molecule has 2 nitrogen and oxygen atoms in total. The van der Waals surface area contributed by atoms with E-state index in [1.807, 2.05) is 18.2 Å². The normalized spacial score (nSPS) is 11.2. The van der Waals surface area contributed by atoms with Crippen molar-refractivity contribution in [3.8, 4) is 0 Å². The van der Waals surface area contributed by atoms with Crippen molar-refractivity contribution >= 4 is 6.08 Å². The summed E-state index contributed by atoms with van der Waals surface area (Å²) in [7, 11) is 0. The van der Waals surface area contributed by atoms with Crippen LogP contribution in [0.15, 0.2) is 22.6 Å². The molecule has 0 aliphatic carbocycles. The second-order valence-electron chi connectivity index (χ2n) is 2.87. The van der Waals surface area contributed by atoms with E-state index in [2.05, 4.69) is 25.2 Å². The summed E-state index contributed by atoms with van der Waals surface area (Å²) in [5.74, 6) is 1.98. The first-order chi connectivity index (χ1) is 6.36. The van der Waals surface area contributed by atoms with Crippen LogP contribution in [0.1, 0.15) is 25.4 Å². The highest BCUT2D eigenvalue weighted by Gasteiger charge is 1.94. The monoisotopic (exact) mass is 179 g/mol. The molecule has 1 aromatic heterocycles. The lowest BCUT2D eigenvalue weighted by Crippen LogP contribution is -2.11. The molecule has 0 atom stereocenters. The van der Waals surface area contributed by atoms with Crippen LogP contribution in [0.5, 0.6) is 0 Å². The van der Waals surface area contributed by atoms with Gasteiger partial charge in [-0.15, -0.1) is 0 Å². The predicted molar refractivity (Wildman–Crippen MR) is 55.7 cm³/mol. The SMILES string of the molecule is CCNCC=Cc1ccc(CC)o1. The highest BCUT2D eigenvalue weighted by atomic mass is 16.3. The van der Waals surface area contributed by atoms with E-state index in [0.29, 0.717) is 0 Å². The number of hydrogen-bond acceptors (Lipinski definition) is 2. The van der Waals surface area contributed by atoms with Crippen LogP contribution in [-0.4, -0.2) is 13.1 Å². The Morgan fingerprint density at radius 1 is 1.38 bits per heavy atom. The molecular weight excluding hydrogens is 162 g/mol. The van der Waals surface area contributed by atoms with Gasteiger partial charge in [0.2, 0.25) is 0 Å². The fourth-order valence-corrected chi connectivity index (χ4v) is 1.08. The highest BCUT2D eigenvalue weighted by Crippen LogP contribution is 2.09. The Morgan fingerprint density at radius 2 is 2.23 bits per heavy atom. The first-order valence-electron chi connectivity index (χ1n) is 4.82. The van der Waals surface area contributed by atoms with Crippen LogP contribution in [0.3, 0.4) is 0 Å². The van der Waals surface area contributed by atoms with Crippen LogP contribution >= 0.6 is 0 Å². The topological polar surface area (TPSA) is 25.2 Å². The van der Waals surface area contributed by atoms with Crippen molar-refractivity contribution in [3.63, 3.8) is 0 Å². The lowest BCUT2D eigenvalue weighted by Gasteiger charge is -1.92. The molecule has 0 aliphatic heterocycles. The van der Waals surface area contributed by atoms with Crippen molar-refractivity contribution in [2.45, 2.75) is 20.3 Å². The molecule has 1 N–H and O–H groups in total. The Labute approximate surface area is 79.6 Å². The molecule has 0 saturated heterocycles. The number of hydrogen-bond donors (Lipinski definition) is 1. The average Bonchev–Trinajstić information content (AvgIpc) is 2.60. The fourth-order valence-electron chi connectivity index (χ4n) is 1.08. The van der Waals surface area contributed by atoms with E-state index in [-0.39, 0.29) is 0 Å². The zero-order valence-electron chi connectivity index (χ0n) is 8.34. The summed E-state index contributed by atoms with van der Waals surface area (Å²) in [6.45, 7) is 6.09. The largest absolute Gasteiger partial charge is 0.462 e. The Morgan fingerprint density at radius 3 is 2.85 bits per heavy atom. The molecule has 13 heavy (non-hydrogen) atoms. The molecule has 1 aromatic rings. The number of rotatable bonds is 5. The second-order valence-corrected chi connectivity index (χ2v) is 2.87. The molecule has 0 spiro atoms. The van der Waals surface area contributed by atoms with Crippen LogP contribution in [0.25, 0.3) is 6.08 Å². The van der Waals surface area contributed by atoms with Gasteiger partial charge in [-0.1, -0.05) is 19.9 Å². The van der Waals surface area contributed by atoms with Crippen molar-refractivity contribution in [3.05, 3.63) is 29.7 Å². The minimum absolute atomic E-state index is 0.901. The molecule has 0 fully saturated rings. The van der Waals surface area contributed by atoms with Crippen molar-refractivity contribution in [1.82, 2.24) is 5.32 Å². The maximum atomic E-state index is 5.50. The fraction of sp³-hybridized carbons (Fsp3) is 0.455. The van der Waals surface area contributed by atoms with Crippen LogP contribution in [0.2, 0.25) is 0 Å². The molecule has 0 saturated carbocycles. The smallest absolute Gasteiger partial charge is 0.126 e. The standard InChI is InChI=1S/C11H17NO/c1-3-10-7-8-11(13-10)6-5-9-12-4-2/h5-8,12H,3-4,9H2,1-2H3. The van der Waals surface area contributed by atoms with Crippen molar-refractivity contribution in [1.29, 1.82) is 0 Å². The summed E-state index contributed by atoms with van der Waals surface area (Å²) in [5.41, 5.74) is 0. The van der Waals surface area contributed by atoms with Gasteiger partial charge in [0.1, 0.15) is 11.5 Å². The van der Waals surface area contributed by atoms with Gasteiger partial charge in [0.05, 0.1) is 0 Å². The summed E-state index contributed by atoms with van der Waals surface area (Å²) >= 11 is 0. The predicted octanol–water partition coefficient (Wildman–Crippen LogP) is 2.46. The summed E-state index contributed by atoms with van der Waals surface area (Å²) < 4.78 is 5.50. The molecule has 0 amide bonds. The number of nitrogens with one attached hydrogen (secondary N) is 1. The third-order valence-electron chi connectivity index (χ3n) is 1.83. The van der Waals surface area contributed by atoms with E-state index in [0.717, 1.165) is 31.0 Å². The average molecular weight is 179 g/mol. The Kier molecular flexibility index (Phi) is 4.33. The second kappa shape index (κ2) is 5.60. The molecule has 0 unspecified atom stereocenters. The van der Waals surface area contributed by atoms with E-state index in [9.17, 15) is 0 Å². The van der Waals surface area contributed by atoms with E-state index in [1.165, 1.54) is 0 Å². The van der Waals surface area contributed by atoms with Crippen LogP contribution in [-0.2, 0) is 6.42 Å². The van der Waals surface area contributed by atoms with Crippen molar-refractivity contribution in [2.75, 3.05) is 13.1 Å². The van der Waals surface area contributed by atoms with Gasteiger partial charge in [0.15, 0.2) is 0 Å². The lowest BCUT2D eigenvalue weighted by atomic mass is 10.3. The summed E-state index contributed by atoms with van der Waals surface area (Å²) in [6, 6.07) is 4.02. The van der Waals surface area contributed by atoms with Gasteiger partial charge in [0, 0.05) is 13.0 Å². The van der Waals surface area contributed by atoms with Crippen molar-refractivity contribution in [2.24, 2.45) is 0 Å². The van der Waals surface area contributed by atoms with Gasteiger partial charge in [-0.2, -0.15) is 0 Å². The first kappa shape index (κ1) is 10.1. The molecule has 0 aromatic carbocycles. The minimum atomic E-state index is 0.901. The third-order valence-corrected chi connectivity index (χ3v) is 1.83. The van der Waals surface area contributed by atoms with Crippen molar-refractivity contribution < 1.29 is 4.42 Å². The number of furan rings is 1. The number of aryl methyl sites for hydroxylation is 1. The molecule has 72 valence electrons. The minimum Gasteiger partial charge on any atom is -0.462 e.